The SMILES string of the molecule is CCCC(C)(c1ccc(O)c(O)c1)C(C)CC(=O)OC. The van der Waals surface area contributed by atoms with Crippen LogP contribution in [-0.4, -0.2) is 23.3 Å². The normalized spacial score (nSPS) is 15.4. The van der Waals surface area contributed by atoms with Crippen LogP contribution >= 0.6 is 0 Å². The van der Waals surface area contributed by atoms with Crippen LogP contribution in [0, 0.1) is 5.92 Å². The van der Waals surface area contributed by atoms with Crippen molar-refractivity contribution in [1.29, 1.82) is 0 Å². The first-order valence-electron chi connectivity index (χ1n) is 6.94. The van der Waals surface area contributed by atoms with Crippen LogP contribution in [0.15, 0.2) is 18.2 Å². The Bertz CT molecular complexity index is 470. The van der Waals surface area contributed by atoms with Crippen molar-refractivity contribution in [2.45, 2.75) is 45.4 Å². The molecule has 0 aliphatic carbocycles. The fourth-order valence-corrected chi connectivity index (χ4v) is 2.63. The predicted octanol–water partition coefficient (Wildman–Crippen LogP) is 3.35. The molecule has 4 nitrogen and oxygen atoms in total. The second-order valence-corrected chi connectivity index (χ2v) is 5.55. The lowest BCUT2D eigenvalue weighted by molar-refractivity contribution is -0.142. The van der Waals surface area contributed by atoms with Crippen LogP contribution in [0.5, 0.6) is 11.5 Å². The van der Waals surface area contributed by atoms with E-state index >= 15 is 0 Å². The minimum absolute atomic E-state index is 0.0684. The van der Waals surface area contributed by atoms with E-state index in [9.17, 15) is 15.0 Å². The van der Waals surface area contributed by atoms with Crippen LogP contribution in [0.2, 0.25) is 0 Å². The molecule has 0 spiro atoms. The monoisotopic (exact) mass is 280 g/mol. The Balaban J connectivity index is 3.12. The van der Waals surface area contributed by atoms with Gasteiger partial charge in [-0.2, -0.15) is 0 Å². The molecule has 0 fully saturated rings. The summed E-state index contributed by atoms with van der Waals surface area (Å²) in [5.74, 6) is -0.426. The van der Waals surface area contributed by atoms with Gasteiger partial charge in [-0.05, 0) is 35.4 Å². The van der Waals surface area contributed by atoms with Crippen molar-refractivity contribution < 1.29 is 19.7 Å². The Morgan fingerprint density at radius 3 is 2.50 bits per heavy atom. The van der Waals surface area contributed by atoms with Gasteiger partial charge in [0.15, 0.2) is 11.5 Å². The van der Waals surface area contributed by atoms with E-state index in [0.717, 1.165) is 18.4 Å². The first kappa shape index (κ1) is 16.3. The highest BCUT2D eigenvalue weighted by Crippen LogP contribution is 2.41. The largest absolute Gasteiger partial charge is 0.504 e. The number of methoxy groups -OCH3 is 1. The highest BCUT2D eigenvalue weighted by molar-refractivity contribution is 5.69. The maximum Gasteiger partial charge on any atom is 0.305 e. The fraction of sp³-hybridized carbons (Fsp3) is 0.562. The van der Waals surface area contributed by atoms with Crippen molar-refractivity contribution in [2.24, 2.45) is 5.92 Å². The smallest absolute Gasteiger partial charge is 0.305 e. The molecule has 2 atom stereocenters. The van der Waals surface area contributed by atoms with Gasteiger partial charge in [0.2, 0.25) is 0 Å². The quantitative estimate of drug-likeness (QED) is 0.619. The molecular formula is C16H24O4. The zero-order chi connectivity index (χ0) is 15.3. The zero-order valence-electron chi connectivity index (χ0n) is 12.6. The van der Waals surface area contributed by atoms with E-state index in [-0.39, 0.29) is 28.8 Å². The lowest BCUT2D eigenvalue weighted by Gasteiger charge is -2.36. The van der Waals surface area contributed by atoms with Crippen molar-refractivity contribution in [3.05, 3.63) is 23.8 Å². The number of carbonyl (C=O) groups excluding carboxylic acids is 1. The average Bonchev–Trinajstić information content (AvgIpc) is 2.41. The molecule has 2 unspecified atom stereocenters. The third-order valence-corrected chi connectivity index (χ3v) is 4.19. The van der Waals surface area contributed by atoms with E-state index in [2.05, 4.69) is 13.8 Å². The Kier molecular flexibility index (Phi) is 5.43. The molecule has 112 valence electrons. The van der Waals surface area contributed by atoms with Crippen LogP contribution in [0.4, 0.5) is 0 Å². The number of ether oxygens (including phenoxy) is 1. The number of hydrogen-bond donors (Lipinski definition) is 2. The molecule has 0 bridgehead atoms. The molecule has 0 amide bonds. The summed E-state index contributed by atoms with van der Waals surface area (Å²) in [6.45, 7) is 6.18. The summed E-state index contributed by atoms with van der Waals surface area (Å²) in [5.41, 5.74) is 0.666. The molecule has 1 aromatic carbocycles. The minimum atomic E-state index is -0.256. The molecule has 1 rings (SSSR count). The van der Waals surface area contributed by atoms with E-state index in [1.807, 2.05) is 6.92 Å². The van der Waals surface area contributed by atoms with Crippen LogP contribution < -0.4 is 0 Å². The second-order valence-electron chi connectivity index (χ2n) is 5.55. The molecule has 0 aliphatic heterocycles. The average molecular weight is 280 g/mol. The number of aromatic hydroxyl groups is 2. The maximum atomic E-state index is 11.5. The number of phenols is 2. The van der Waals surface area contributed by atoms with E-state index in [1.54, 1.807) is 12.1 Å². The summed E-state index contributed by atoms with van der Waals surface area (Å²) in [5, 5.41) is 19.1. The lowest BCUT2D eigenvalue weighted by atomic mass is 9.68. The van der Waals surface area contributed by atoms with Gasteiger partial charge in [0.25, 0.3) is 0 Å². The van der Waals surface area contributed by atoms with Gasteiger partial charge in [-0.3, -0.25) is 4.79 Å². The first-order valence-corrected chi connectivity index (χ1v) is 6.94. The van der Waals surface area contributed by atoms with Crippen LogP contribution in [0.1, 0.15) is 45.6 Å². The van der Waals surface area contributed by atoms with Crippen LogP contribution in [0.25, 0.3) is 0 Å². The van der Waals surface area contributed by atoms with Crippen LogP contribution in [-0.2, 0) is 14.9 Å². The van der Waals surface area contributed by atoms with Gasteiger partial charge in [-0.15, -0.1) is 0 Å². The van der Waals surface area contributed by atoms with Gasteiger partial charge in [-0.1, -0.05) is 33.3 Å². The molecule has 1 aromatic rings. The molecule has 0 aromatic heterocycles. The van der Waals surface area contributed by atoms with Gasteiger partial charge >= 0.3 is 5.97 Å². The molecule has 0 radical (unpaired) electrons. The fourth-order valence-electron chi connectivity index (χ4n) is 2.63. The van der Waals surface area contributed by atoms with Crippen molar-refractivity contribution in [3.8, 4) is 11.5 Å². The Morgan fingerprint density at radius 2 is 2.00 bits per heavy atom. The number of benzene rings is 1. The van der Waals surface area contributed by atoms with E-state index in [4.69, 9.17) is 4.74 Å². The van der Waals surface area contributed by atoms with E-state index in [1.165, 1.54) is 13.2 Å². The van der Waals surface area contributed by atoms with E-state index < -0.39 is 0 Å². The molecule has 2 N–H and O–H groups in total. The number of hydrogen-bond acceptors (Lipinski definition) is 4. The molecule has 0 saturated heterocycles. The second kappa shape index (κ2) is 6.64. The standard InChI is InChI=1S/C16H24O4/c1-5-8-16(3,11(2)9-15(19)20-4)12-6-7-13(17)14(18)10-12/h6-7,10-11,17-18H,5,8-9H2,1-4H3. The number of rotatable bonds is 6. The molecule has 20 heavy (non-hydrogen) atoms. The molecule has 0 aliphatic rings. The third kappa shape index (κ3) is 3.44. The van der Waals surface area contributed by atoms with Gasteiger partial charge in [-0.25, -0.2) is 0 Å². The van der Waals surface area contributed by atoms with Gasteiger partial charge in [0.05, 0.1) is 7.11 Å². The van der Waals surface area contributed by atoms with Crippen LogP contribution in [0.3, 0.4) is 0 Å². The van der Waals surface area contributed by atoms with Crippen molar-refractivity contribution in [2.75, 3.05) is 7.11 Å². The number of carbonyl (C=O) groups is 1. The summed E-state index contributed by atoms with van der Waals surface area (Å²) in [6, 6.07) is 4.88. The molecule has 0 saturated carbocycles. The maximum absolute atomic E-state index is 11.5. The highest BCUT2D eigenvalue weighted by atomic mass is 16.5. The number of phenolic OH excluding ortho intramolecular Hbond substituents is 2. The summed E-state index contributed by atoms with van der Waals surface area (Å²) in [4.78, 5) is 11.5. The predicted molar refractivity (Wildman–Crippen MR) is 77.8 cm³/mol. The summed E-state index contributed by atoms with van der Waals surface area (Å²) in [6.07, 6.45) is 2.17. The minimum Gasteiger partial charge on any atom is -0.504 e. The summed E-state index contributed by atoms with van der Waals surface area (Å²) in [7, 11) is 1.39. The van der Waals surface area contributed by atoms with Gasteiger partial charge < -0.3 is 14.9 Å². The van der Waals surface area contributed by atoms with Gasteiger partial charge in [0, 0.05) is 6.42 Å². The topological polar surface area (TPSA) is 66.8 Å². The third-order valence-electron chi connectivity index (χ3n) is 4.19. The first-order chi connectivity index (χ1) is 9.35. The van der Waals surface area contributed by atoms with Crippen molar-refractivity contribution >= 4 is 5.97 Å². The Morgan fingerprint density at radius 1 is 1.35 bits per heavy atom. The molecule has 4 heteroatoms. The summed E-state index contributed by atoms with van der Waals surface area (Å²) >= 11 is 0. The van der Waals surface area contributed by atoms with Crippen molar-refractivity contribution in [3.63, 3.8) is 0 Å². The Hall–Kier alpha value is -1.71. The van der Waals surface area contributed by atoms with Gasteiger partial charge in [0.1, 0.15) is 0 Å². The number of esters is 1. The highest BCUT2D eigenvalue weighted by Gasteiger charge is 2.34. The summed E-state index contributed by atoms with van der Waals surface area (Å²) < 4.78 is 4.74. The van der Waals surface area contributed by atoms with Crippen molar-refractivity contribution in [1.82, 2.24) is 0 Å². The Labute approximate surface area is 120 Å². The molecule has 0 heterocycles. The molecular weight excluding hydrogens is 256 g/mol. The lowest BCUT2D eigenvalue weighted by Crippen LogP contribution is -2.32. The van der Waals surface area contributed by atoms with E-state index in [0.29, 0.717) is 6.42 Å². The zero-order valence-corrected chi connectivity index (χ0v) is 12.6.